The summed E-state index contributed by atoms with van der Waals surface area (Å²) in [6.07, 6.45) is 2.14. The standard InChI is InChI=1S/C21H16N4O4/c26-18-8-7-17(19(27)23-18)24-11-14-9-12(5-6-15(14)21(24)29)20(28)25-16-4-2-1-3-13(16)10-22-25/h1-6,9-10,17H,7-8,11H2,(H,23,26,27). The fourth-order valence-electron chi connectivity index (χ4n) is 3.96. The van der Waals surface area contributed by atoms with E-state index in [-0.39, 0.29) is 30.7 Å². The van der Waals surface area contributed by atoms with Crippen molar-refractivity contribution in [1.82, 2.24) is 20.0 Å². The van der Waals surface area contributed by atoms with Crippen LogP contribution in [0.4, 0.5) is 0 Å². The van der Waals surface area contributed by atoms with Gasteiger partial charge in [-0.1, -0.05) is 18.2 Å². The van der Waals surface area contributed by atoms with Gasteiger partial charge in [0.15, 0.2) is 0 Å². The quantitative estimate of drug-likeness (QED) is 0.670. The number of carbonyl (C=O) groups is 4. The van der Waals surface area contributed by atoms with Crippen LogP contribution in [0.3, 0.4) is 0 Å². The van der Waals surface area contributed by atoms with Crippen LogP contribution in [0.25, 0.3) is 10.9 Å². The Kier molecular flexibility index (Phi) is 3.80. The Balaban J connectivity index is 1.45. The lowest BCUT2D eigenvalue weighted by Gasteiger charge is -2.29. The Morgan fingerprint density at radius 3 is 2.76 bits per heavy atom. The molecule has 2 aliphatic heterocycles. The summed E-state index contributed by atoms with van der Waals surface area (Å²) < 4.78 is 1.34. The average Bonchev–Trinajstić information content (AvgIpc) is 3.29. The summed E-state index contributed by atoms with van der Waals surface area (Å²) in [5.74, 6) is -1.34. The molecule has 0 saturated carbocycles. The number of hydrogen-bond acceptors (Lipinski definition) is 5. The summed E-state index contributed by atoms with van der Waals surface area (Å²) in [4.78, 5) is 50.7. The van der Waals surface area contributed by atoms with Crippen LogP contribution >= 0.6 is 0 Å². The molecular weight excluding hydrogens is 372 g/mol. The van der Waals surface area contributed by atoms with Crippen LogP contribution in [0, 0.1) is 0 Å². The molecule has 1 unspecified atom stereocenters. The van der Waals surface area contributed by atoms with Gasteiger partial charge >= 0.3 is 0 Å². The molecule has 0 aliphatic carbocycles. The normalized spacial score (nSPS) is 18.8. The van der Waals surface area contributed by atoms with Gasteiger partial charge in [-0.2, -0.15) is 9.78 Å². The summed E-state index contributed by atoms with van der Waals surface area (Å²) in [5, 5.41) is 7.33. The van der Waals surface area contributed by atoms with E-state index in [0.29, 0.717) is 28.6 Å². The summed E-state index contributed by atoms with van der Waals surface area (Å²) in [7, 11) is 0. The maximum Gasteiger partial charge on any atom is 0.278 e. The highest BCUT2D eigenvalue weighted by Gasteiger charge is 2.39. The van der Waals surface area contributed by atoms with Gasteiger partial charge in [0, 0.05) is 29.5 Å². The molecule has 0 radical (unpaired) electrons. The lowest BCUT2D eigenvalue weighted by atomic mass is 10.0. The Labute approximate surface area is 165 Å². The lowest BCUT2D eigenvalue weighted by molar-refractivity contribution is -0.136. The highest BCUT2D eigenvalue weighted by Crippen LogP contribution is 2.28. The number of rotatable bonds is 2. The van der Waals surface area contributed by atoms with Crippen LogP contribution < -0.4 is 5.32 Å². The van der Waals surface area contributed by atoms with Crippen LogP contribution in [0.5, 0.6) is 0 Å². The highest BCUT2D eigenvalue weighted by molar-refractivity contribution is 6.06. The summed E-state index contributed by atoms with van der Waals surface area (Å²) in [5.41, 5.74) is 2.27. The topological polar surface area (TPSA) is 101 Å². The van der Waals surface area contributed by atoms with Crippen molar-refractivity contribution in [3.8, 4) is 0 Å². The molecule has 3 aromatic rings. The third-order valence-corrected chi connectivity index (χ3v) is 5.44. The fraction of sp³-hybridized carbons (Fsp3) is 0.190. The highest BCUT2D eigenvalue weighted by atomic mass is 16.2. The molecule has 1 atom stereocenters. The van der Waals surface area contributed by atoms with Gasteiger partial charge in [0.25, 0.3) is 11.8 Å². The zero-order chi connectivity index (χ0) is 20.1. The Hall–Kier alpha value is -3.81. The van der Waals surface area contributed by atoms with E-state index in [1.807, 2.05) is 24.3 Å². The molecule has 1 aromatic heterocycles. The van der Waals surface area contributed by atoms with Gasteiger partial charge in [-0.25, -0.2) is 0 Å². The molecule has 5 rings (SSSR count). The predicted molar refractivity (Wildman–Crippen MR) is 102 cm³/mol. The molecule has 2 aliphatic rings. The molecule has 1 fully saturated rings. The lowest BCUT2D eigenvalue weighted by Crippen LogP contribution is -2.52. The number of benzene rings is 2. The number of carbonyl (C=O) groups excluding carboxylic acids is 4. The van der Waals surface area contributed by atoms with Crippen molar-refractivity contribution >= 4 is 34.5 Å². The first kappa shape index (κ1) is 17.3. The van der Waals surface area contributed by atoms with E-state index in [2.05, 4.69) is 10.4 Å². The van der Waals surface area contributed by atoms with Gasteiger partial charge < -0.3 is 4.90 Å². The Morgan fingerprint density at radius 1 is 1.10 bits per heavy atom. The molecule has 0 bridgehead atoms. The molecule has 3 amide bonds. The van der Waals surface area contributed by atoms with Crippen molar-refractivity contribution in [3.05, 3.63) is 65.4 Å². The van der Waals surface area contributed by atoms with Crippen molar-refractivity contribution in [1.29, 1.82) is 0 Å². The molecule has 8 heteroatoms. The summed E-state index contributed by atoms with van der Waals surface area (Å²) in [6, 6.07) is 11.6. The number of imide groups is 1. The van der Waals surface area contributed by atoms with E-state index in [1.165, 1.54) is 9.58 Å². The first-order valence-electron chi connectivity index (χ1n) is 9.28. The predicted octanol–water partition coefficient (Wildman–Crippen LogP) is 1.49. The van der Waals surface area contributed by atoms with Crippen LogP contribution in [-0.2, 0) is 16.1 Å². The van der Waals surface area contributed by atoms with Crippen LogP contribution in [0.1, 0.15) is 39.1 Å². The van der Waals surface area contributed by atoms with E-state index >= 15 is 0 Å². The van der Waals surface area contributed by atoms with Gasteiger partial charge in [-0.05, 0) is 36.2 Å². The number of hydrogen-bond donors (Lipinski definition) is 1. The van der Waals surface area contributed by atoms with Crippen molar-refractivity contribution in [2.75, 3.05) is 0 Å². The van der Waals surface area contributed by atoms with Crippen molar-refractivity contribution in [2.24, 2.45) is 0 Å². The summed E-state index contributed by atoms with van der Waals surface area (Å²) in [6.45, 7) is 0.224. The number of nitrogens with zero attached hydrogens (tertiary/aromatic N) is 3. The molecule has 1 N–H and O–H groups in total. The first-order valence-corrected chi connectivity index (χ1v) is 9.28. The fourth-order valence-corrected chi connectivity index (χ4v) is 3.96. The van der Waals surface area contributed by atoms with E-state index in [9.17, 15) is 19.2 Å². The zero-order valence-corrected chi connectivity index (χ0v) is 15.3. The molecule has 29 heavy (non-hydrogen) atoms. The zero-order valence-electron chi connectivity index (χ0n) is 15.3. The van der Waals surface area contributed by atoms with E-state index in [0.717, 1.165) is 5.39 Å². The number of para-hydroxylation sites is 1. The van der Waals surface area contributed by atoms with Gasteiger partial charge in [-0.3, -0.25) is 24.5 Å². The monoisotopic (exact) mass is 388 g/mol. The number of piperidine rings is 1. The second-order valence-electron chi connectivity index (χ2n) is 7.19. The smallest absolute Gasteiger partial charge is 0.278 e. The number of aromatic nitrogens is 2. The van der Waals surface area contributed by atoms with Crippen molar-refractivity contribution in [3.63, 3.8) is 0 Å². The molecular formula is C21H16N4O4. The minimum absolute atomic E-state index is 0.201. The minimum atomic E-state index is -0.679. The second-order valence-corrected chi connectivity index (χ2v) is 7.19. The molecule has 0 spiro atoms. The molecule has 2 aromatic carbocycles. The van der Waals surface area contributed by atoms with E-state index in [1.54, 1.807) is 24.4 Å². The van der Waals surface area contributed by atoms with Crippen molar-refractivity contribution < 1.29 is 19.2 Å². The first-order chi connectivity index (χ1) is 14.0. The van der Waals surface area contributed by atoms with E-state index < -0.39 is 11.9 Å². The molecule has 8 nitrogen and oxygen atoms in total. The molecule has 3 heterocycles. The van der Waals surface area contributed by atoms with Crippen LogP contribution in [0.2, 0.25) is 0 Å². The Morgan fingerprint density at radius 2 is 1.93 bits per heavy atom. The third-order valence-electron chi connectivity index (χ3n) is 5.44. The van der Waals surface area contributed by atoms with Gasteiger partial charge in [-0.15, -0.1) is 0 Å². The van der Waals surface area contributed by atoms with Gasteiger partial charge in [0.2, 0.25) is 11.8 Å². The molecule has 144 valence electrons. The third kappa shape index (κ3) is 2.72. The largest absolute Gasteiger partial charge is 0.322 e. The maximum atomic E-state index is 13.0. The van der Waals surface area contributed by atoms with Crippen LogP contribution in [-0.4, -0.2) is 44.4 Å². The van der Waals surface area contributed by atoms with Gasteiger partial charge in [0.05, 0.1) is 11.7 Å². The van der Waals surface area contributed by atoms with Crippen molar-refractivity contribution in [2.45, 2.75) is 25.4 Å². The van der Waals surface area contributed by atoms with Gasteiger partial charge in [0.1, 0.15) is 6.04 Å². The number of nitrogens with one attached hydrogen (secondary N) is 1. The maximum absolute atomic E-state index is 13.0. The van der Waals surface area contributed by atoms with E-state index in [4.69, 9.17) is 0 Å². The molecule has 1 saturated heterocycles. The van der Waals surface area contributed by atoms with Crippen LogP contribution in [0.15, 0.2) is 48.7 Å². The minimum Gasteiger partial charge on any atom is -0.322 e. The number of amides is 3. The second kappa shape index (κ2) is 6.37. The Bertz CT molecular complexity index is 1210. The summed E-state index contributed by atoms with van der Waals surface area (Å²) >= 11 is 0. The SMILES string of the molecule is O=C1CCC(N2Cc3cc(C(=O)n4ncc5ccccc54)ccc3C2=O)C(=O)N1. The number of fused-ring (bicyclic) bond motifs is 2. The average molecular weight is 388 g/mol.